The zero-order chi connectivity index (χ0) is 58.5. The number of rotatable bonds is 64. The summed E-state index contributed by atoms with van der Waals surface area (Å²) in [5, 5.41) is 0. The quantitative estimate of drug-likeness (QED) is 0.0261. The average molecular weight is 1130 g/mol. The minimum atomic E-state index is -0.782. The Morgan fingerprint density at radius 1 is 0.259 bits per heavy atom. The monoisotopic (exact) mass is 1130 g/mol. The molecule has 0 aliphatic rings. The van der Waals surface area contributed by atoms with Gasteiger partial charge in [-0.2, -0.15) is 0 Å². The molecule has 1 unspecified atom stereocenters. The largest absolute Gasteiger partial charge is 0.462 e. The number of hydrogen-bond acceptors (Lipinski definition) is 6. The Morgan fingerprint density at radius 3 is 0.802 bits per heavy atom. The first kappa shape index (κ1) is 77.6. The Hall–Kier alpha value is -3.41. The third-order valence-electron chi connectivity index (χ3n) is 15.4. The SMILES string of the molecule is CC/C=C\C/C=C\C/C=C\C/C=C\CCCCCCCCCCCCC(=O)OC(COC(=O)CCCCCCC/C=C\CCCC)COC(=O)CCCCCCCCCCCCCCCCCCC/C=C\C/C=C\CCCCCCC. The lowest BCUT2D eigenvalue weighted by atomic mass is 10.0. The lowest BCUT2D eigenvalue weighted by Crippen LogP contribution is -2.30. The predicted octanol–water partition coefficient (Wildman–Crippen LogP) is 24.2. The van der Waals surface area contributed by atoms with Crippen molar-refractivity contribution in [3.8, 4) is 0 Å². The number of unbranched alkanes of at least 4 members (excludes halogenated alkanes) is 39. The van der Waals surface area contributed by atoms with E-state index >= 15 is 0 Å². The van der Waals surface area contributed by atoms with Crippen LogP contribution in [0.15, 0.2) is 85.1 Å². The highest BCUT2D eigenvalue weighted by molar-refractivity contribution is 5.71. The maximum Gasteiger partial charge on any atom is 0.306 e. The van der Waals surface area contributed by atoms with Crippen LogP contribution in [0, 0.1) is 0 Å². The molecule has 6 nitrogen and oxygen atoms in total. The van der Waals surface area contributed by atoms with Crippen LogP contribution < -0.4 is 0 Å². The van der Waals surface area contributed by atoms with E-state index in [4.69, 9.17) is 14.2 Å². The molecule has 0 aliphatic heterocycles. The molecule has 0 aromatic heterocycles. The van der Waals surface area contributed by atoms with Crippen molar-refractivity contribution in [3.05, 3.63) is 85.1 Å². The van der Waals surface area contributed by atoms with E-state index in [9.17, 15) is 14.4 Å². The van der Waals surface area contributed by atoms with E-state index in [0.29, 0.717) is 19.3 Å². The van der Waals surface area contributed by atoms with Gasteiger partial charge in [0.05, 0.1) is 0 Å². The van der Waals surface area contributed by atoms with Crippen molar-refractivity contribution < 1.29 is 28.6 Å². The molecule has 0 radical (unpaired) electrons. The summed E-state index contributed by atoms with van der Waals surface area (Å²) in [6, 6.07) is 0. The van der Waals surface area contributed by atoms with Gasteiger partial charge >= 0.3 is 17.9 Å². The molecule has 81 heavy (non-hydrogen) atoms. The second-order valence-electron chi connectivity index (χ2n) is 23.4. The van der Waals surface area contributed by atoms with Gasteiger partial charge in [-0.05, 0) is 109 Å². The first-order valence-corrected chi connectivity index (χ1v) is 35.1. The molecule has 1 atom stereocenters. The van der Waals surface area contributed by atoms with E-state index in [2.05, 4.69) is 106 Å². The third kappa shape index (κ3) is 67.3. The maximum absolute atomic E-state index is 12.9. The molecular formula is C75H132O6. The van der Waals surface area contributed by atoms with Crippen LogP contribution >= 0.6 is 0 Å². The van der Waals surface area contributed by atoms with Crippen molar-refractivity contribution in [3.63, 3.8) is 0 Å². The van der Waals surface area contributed by atoms with Gasteiger partial charge in [-0.3, -0.25) is 14.4 Å². The van der Waals surface area contributed by atoms with Crippen molar-refractivity contribution in [1.29, 1.82) is 0 Å². The van der Waals surface area contributed by atoms with E-state index in [1.807, 2.05) is 0 Å². The molecule has 468 valence electrons. The molecule has 0 aromatic rings. The first-order valence-electron chi connectivity index (χ1n) is 35.1. The number of esters is 3. The van der Waals surface area contributed by atoms with Crippen LogP contribution in [0.4, 0.5) is 0 Å². The molecule has 0 amide bonds. The fourth-order valence-electron chi connectivity index (χ4n) is 10.1. The van der Waals surface area contributed by atoms with Crippen LogP contribution in [0.2, 0.25) is 0 Å². The minimum absolute atomic E-state index is 0.0779. The van der Waals surface area contributed by atoms with Gasteiger partial charge in [0.25, 0.3) is 0 Å². The Kier molecular flexibility index (Phi) is 66.2. The number of carbonyl (C=O) groups excluding carboxylic acids is 3. The van der Waals surface area contributed by atoms with E-state index in [1.165, 1.54) is 218 Å². The van der Waals surface area contributed by atoms with Gasteiger partial charge in [-0.25, -0.2) is 0 Å². The molecule has 0 bridgehead atoms. The lowest BCUT2D eigenvalue weighted by Gasteiger charge is -2.18. The summed E-state index contributed by atoms with van der Waals surface area (Å²) in [5.41, 5.74) is 0. The van der Waals surface area contributed by atoms with Crippen LogP contribution in [0.3, 0.4) is 0 Å². The fraction of sp³-hybridized carbons (Fsp3) is 0.773. The Balaban J connectivity index is 4.19. The second-order valence-corrected chi connectivity index (χ2v) is 23.4. The number of hydrogen-bond donors (Lipinski definition) is 0. The summed E-state index contributed by atoms with van der Waals surface area (Å²) < 4.78 is 16.9. The summed E-state index contributed by atoms with van der Waals surface area (Å²) in [6.07, 6.45) is 91.9. The molecule has 0 aliphatic carbocycles. The lowest BCUT2D eigenvalue weighted by molar-refractivity contribution is -0.167. The summed E-state index contributed by atoms with van der Waals surface area (Å²) in [4.78, 5) is 38.4. The van der Waals surface area contributed by atoms with Crippen molar-refractivity contribution in [2.24, 2.45) is 0 Å². The van der Waals surface area contributed by atoms with Gasteiger partial charge in [0, 0.05) is 19.3 Å². The highest BCUT2D eigenvalue weighted by atomic mass is 16.6. The van der Waals surface area contributed by atoms with Crippen molar-refractivity contribution in [1.82, 2.24) is 0 Å². The number of allylic oxidation sites excluding steroid dienone is 14. The van der Waals surface area contributed by atoms with Crippen LogP contribution in [0.5, 0.6) is 0 Å². The van der Waals surface area contributed by atoms with Crippen LogP contribution in [-0.2, 0) is 28.6 Å². The van der Waals surface area contributed by atoms with E-state index in [-0.39, 0.29) is 31.1 Å². The van der Waals surface area contributed by atoms with Gasteiger partial charge in [0.15, 0.2) is 6.10 Å². The average Bonchev–Trinajstić information content (AvgIpc) is 3.47. The van der Waals surface area contributed by atoms with E-state index in [1.54, 1.807) is 0 Å². The highest BCUT2D eigenvalue weighted by Crippen LogP contribution is 2.17. The Bertz CT molecular complexity index is 1530. The minimum Gasteiger partial charge on any atom is -0.462 e. The van der Waals surface area contributed by atoms with Crippen molar-refractivity contribution in [2.75, 3.05) is 13.2 Å². The molecule has 0 saturated carbocycles. The molecule has 0 N–H and O–H groups in total. The maximum atomic E-state index is 12.9. The fourth-order valence-corrected chi connectivity index (χ4v) is 10.1. The molecule has 0 spiro atoms. The Labute approximate surface area is 503 Å². The van der Waals surface area contributed by atoms with Crippen LogP contribution in [0.25, 0.3) is 0 Å². The summed E-state index contributed by atoms with van der Waals surface area (Å²) in [5.74, 6) is -0.876. The number of ether oxygens (including phenoxy) is 3. The van der Waals surface area contributed by atoms with Gasteiger partial charge in [-0.15, -0.1) is 0 Å². The van der Waals surface area contributed by atoms with Gasteiger partial charge in [0.2, 0.25) is 0 Å². The van der Waals surface area contributed by atoms with Crippen molar-refractivity contribution in [2.45, 2.75) is 361 Å². The molecule has 0 rings (SSSR count). The summed E-state index contributed by atoms with van der Waals surface area (Å²) >= 11 is 0. The third-order valence-corrected chi connectivity index (χ3v) is 15.4. The van der Waals surface area contributed by atoms with E-state index in [0.717, 1.165) is 96.3 Å². The van der Waals surface area contributed by atoms with Crippen molar-refractivity contribution >= 4 is 17.9 Å². The van der Waals surface area contributed by atoms with Gasteiger partial charge in [-0.1, -0.05) is 311 Å². The van der Waals surface area contributed by atoms with Gasteiger partial charge in [0.1, 0.15) is 13.2 Å². The summed E-state index contributed by atoms with van der Waals surface area (Å²) in [6.45, 7) is 6.51. The number of carbonyl (C=O) groups is 3. The predicted molar refractivity (Wildman–Crippen MR) is 353 cm³/mol. The molecule has 6 heteroatoms. The highest BCUT2D eigenvalue weighted by Gasteiger charge is 2.19. The van der Waals surface area contributed by atoms with E-state index < -0.39 is 6.10 Å². The van der Waals surface area contributed by atoms with Gasteiger partial charge < -0.3 is 14.2 Å². The second kappa shape index (κ2) is 69.1. The standard InChI is InChI=1S/C75H132O6/c1-4-7-10-13-16-19-22-24-26-28-30-32-34-35-36-37-38-39-41-42-44-46-48-50-53-56-59-62-65-68-74(77)80-71-72(70-79-73(76)67-64-61-58-55-52-21-18-15-12-9-6-3)81-75(78)69-66-63-60-57-54-51-49-47-45-43-40-33-31-29-27-25-23-20-17-14-11-8-5-2/h8,11,15,17-18,20,22,24-25,27-28,30-31,33,72H,4-7,9-10,12-14,16,19,21,23,26,29,32,34-71H2,1-3H3/b11-8-,18-15-,20-17-,24-22-,27-25-,30-28-,33-31-. The zero-order valence-corrected chi connectivity index (χ0v) is 53.8. The molecule has 0 saturated heterocycles. The molecule has 0 heterocycles. The molecule has 0 aromatic carbocycles. The topological polar surface area (TPSA) is 78.9 Å². The zero-order valence-electron chi connectivity index (χ0n) is 53.8. The van der Waals surface area contributed by atoms with Crippen LogP contribution in [-0.4, -0.2) is 37.2 Å². The Morgan fingerprint density at radius 2 is 0.494 bits per heavy atom. The molecular weight excluding hydrogens is 997 g/mol. The normalized spacial score (nSPS) is 12.6. The summed E-state index contributed by atoms with van der Waals surface area (Å²) in [7, 11) is 0. The smallest absolute Gasteiger partial charge is 0.306 e. The van der Waals surface area contributed by atoms with Crippen LogP contribution in [0.1, 0.15) is 355 Å². The first-order chi connectivity index (χ1) is 40.0. The molecule has 0 fully saturated rings.